The molecule has 7 heteroatoms. The van der Waals surface area contributed by atoms with Crippen LogP contribution in [-0.4, -0.2) is 42.9 Å². The van der Waals surface area contributed by atoms with E-state index in [2.05, 4.69) is 5.32 Å². The summed E-state index contributed by atoms with van der Waals surface area (Å²) in [5, 5.41) is 4.01. The average molecular weight is 438 g/mol. The number of benzene rings is 2. The number of nitrogens with one attached hydrogen (secondary N) is 1. The van der Waals surface area contributed by atoms with Gasteiger partial charge in [-0.1, -0.05) is 42.5 Å². The summed E-state index contributed by atoms with van der Waals surface area (Å²) in [5.74, 6) is -0.511. The predicted molar refractivity (Wildman–Crippen MR) is 126 cm³/mol. The number of fused-ring (bicyclic) bond motifs is 1. The third-order valence-corrected chi connectivity index (χ3v) is 5.31. The van der Waals surface area contributed by atoms with Gasteiger partial charge in [-0.05, 0) is 42.5 Å². The van der Waals surface area contributed by atoms with E-state index < -0.39 is 11.9 Å². The Kier molecular flexibility index (Phi) is 8.56. The Bertz CT molecular complexity index is 1100. The van der Waals surface area contributed by atoms with Gasteiger partial charge in [-0.15, -0.1) is 0 Å². The summed E-state index contributed by atoms with van der Waals surface area (Å²) in [4.78, 5) is 25.1. The molecular formula is C25H31N3O4. The summed E-state index contributed by atoms with van der Waals surface area (Å²) < 4.78 is 12.6. The Labute approximate surface area is 188 Å². The summed E-state index contributed by atoms with van der Waals surface area (Å²) in [7, 11) is 0. The van der Waals surface area contributed by atoms with Crippen molar-refractivity contribution in [3.8, 4) is 11.1 Å². The molecule has 0 aliphatic carbocycles. The van der Waals surface area contributed by atoms with Gasteiger partial charge in [0.25, 0.3) is 5.56 Å². The van der Waals surface area contributed by atoms with E-state index in [0.717, 1.165) is 22.0 Å². The molecule has 7 nitrogen and oxygen atoms in total. The number of rotatable bonds is 12. The molecule has 3 N–H and O–H groups in total. The standard InChI is InChI=1S/C25H31N3O4/c1-3-31-13-12-28-23-15-19(18-8-6-5-7-9-18)10-11-20(23)14-21(25(28)30)16-27-22(24(26)29)17-32-4-2/h5-11,14-15,22,27H,3-4,12-13,16-17H2,1-2H3,(H2,26,29). The Hall–Kier alpha value is -3.00. The van der Waals surface area contributed by atoms with E-state index in [1.807, 2.05) is 68.4 Å². The van der Waals surface area contributed by atoms with Crippen molar-refractivity contribution < 1.29 is 14.3 Å². The van der Waals surface area contributed by atoms with Gasteiger partial charge in [0, 0.05) is 31.9 Å². The fraction of sp³-hybridized carbons (Fsp3) is 0.360. The van der Waals surface area contributed by atoms with Crippen molar-refractivity contribution in [2.75, 3.05) is 26.4 Å². The zero-order chi connectivity index (χ0) is 22.9. The van der Waals surface area contributed by atoms with E-state index in [4.69, 9.17) is 15.2 Å². The molecule has 170 valence electrons. The van der Waals surface area contributed by atoms with Crippen molar-refractivity contribution in [1.82, 2.24) is 9.88 Å². The fourth-order valence-corrected chi connectivity index (χ4v) is 3.60. The summed E-state index contributed by atoms with van der Waals surface area (Å²) in [6.07, 6.45) is 0. The minimum absolute atomic E-state index is 0.116. The van der Waals surface area contributed by atoms with Crippen LogP contribution in [0.3, 0.4) is 0 Å². The lowest BCUT2D eigenvalue weighted by Crippen LogP contribution is -2.45. The number of carbonyl (C=O) groups is 1. The van der Waals surface area contributed by atoms with Crippen LogP contribution in [0.1, 0.15) is 19.4 Å². The van der Waals surface area contributed by atoms with Gasteiger partial charge < -0.3 is 19.8 Å². The van der Waals surface area contributed by atoms with Crippen LogP contribution in [0.15, 0.2) is 59.4 Å². The lowest BCUT2D eigenvalue weighted by molar-refractivity contribution is -0.121. The minimum Gasteiger partial charge on any atom is -0.380 e. The molecule has 0 bridgehead atoms. The zero-order valence-electron chi connectivity index (χ0n) is 18.7. The molecule has 1 amide bonds. The molecule has 0 aliphatic rings. The highest BCUT2D eigenvalue weighted by Gasteiger charge is 2.17. The molecular weight excluding hydrogens is 406 g/mol. The molecule has 0 fully saturated rings. The largest absolute Gasteiger partial charge is 0.380 e. The van der Waals surface area contributed by atoms with Crippen molar-refractivity contribution in [2.45, 2.75) is 33.0 Å². The first kappa shape index (κ1) is 23.7. The third-order valence-electron chi connectivity index (χ3n) is 5.31. The summed E-state index contributed by atoms with van der Waals surface area (Å²) in [6.45, 7) is 6.10. The van der Waals surface area contributed by atoms with Gasteiger partial charge in [0.05, 0.1) is 18.7 Å². The molecule has 0 radical (unpaired) electrons. The van der Waals surface area contributed by atoms with E-state index in [1.165, 1.54) is 0 Å². The number of hydrogen-bond acceptors (Lipinski definition) is 5. The van der Waals surface area contributed by atoms with Crippen LogP contribution in [0.25, 0.3) is 22.0 Å². The molecule has 0 saturated heterocycles. The van der Waals surface area contributed by atoms with Crippen molar-refractivity contribution in [3.63, 3.8) is 0 Å². The van der Waals surface area contributed by atoms with E-state index in [0.29, 0.717) is 31.9 Å². The number of primary amides is 1. The summed E-state index contributed by atoms with van der Waals surface area (Å²) in [6, 6.07) is 17.4. The van der Waals surface area contributed by atoms with Gasteiger partial charge in [0.15, 0.2) is 0 Å². The molecule has 2 aromatic carbocycles. The number of aromatic nitrogens is 1. The Morgan fingerprint density at radius 1 is 1.03 bits per heavy atom. The van der Waals surface area contributed by atoms with Crippen LogP contribution in [0, 0.1) is 0 Å². The molecule has 3 rings (SSSR count). The lowest BCUT2D eigenvalue weighted by atomic mass is 10.0. The van der Waals surface area contributed by atoms with Crippen LogP contribution in [-0.2, 0) is 27.4 Å². The molecule has 0 saturated carbocycles. The zero-order valence-corrected chi connectivity index (χ0v) is 18.7. The molecule has 1 atom stereocenters. The predicted octanol–water partition coefficient (Wildman–Crippen LogP) is 2.69. The van der Waals surface area contributed by atoms with Gasteiger partial charge >= 0.3 is 0 Å². The quantitative estimate of drug-likeness (QED) is 0.425. The van der Waals surface area contributed by atoms with Crippen LogP contribution >= 0.6 is 0 Å². The Morgan fingerprint density at radius 2 is 1.78 bits per heavy atom. The number of nitrogens with two attached hydrogens (primary N) is 1. The van der Waals surface area contributed by atoms with Crippen LogP contribution in [0.2, 0.25) is 0 Å². The number of hydrogen-bond donors (Lipinski definition) is 2. The second-order valence-electron chi connectivity index (χ2n) is 7.46. The lowest BCUT2D eigenvalue weighted by Gasteiger charge is -2.17. The maximum atomic E-state index is 13.3. The number of pyridine rings is 1. The normalized spacial score (nSPS) is 12.2. The van der Waals surface area contributed by atoms with Gasteiger partial charge in [-0.2, -0.15) is 0 Å². The van der Waals surface area contributed by atoms with E-state index in [-0.39, 0.29) is 18.7 Å². The average Bonchev–Trinajstić information content (AvgIpc) is 2.81. The first-order valence-corrected chi connectivity index (χ1v) is 10.9. The summed E-state index contributed by atoms with van der Waals surface area (Å²) in [5.41, 5.74) is 8.89. The molecule has 0 spiro atoms. The smallest absolute Gasteiger partial charge is 0.255 e. The maximum absolute atomic E-state index is 13.3. The van der Waals surface area contributed by atoms with Crippen LogP contribution in [0.4, 0.5) is 0 Å². The highest BCUT2D eigenvalue weighted by molar-refractivity contribution is 5.85. The van der Waals surface area contributed by atoms with Crippen LogP contribution < -0.4 is 16.6 Å². The van der Waals surface area contributed by atoms with Crippen molar-refractivity contribution >= 4 is 16.8 Å². The second-order valence-corrected chi connectivity index (χ2v) is 7.46. The topological polar surface area (TPSA) is 95.6 Å². The molecule has 3 aromatic rings. The highest BCUT2D eigenvalue weighted by atomic mass is 16.5. The first-order chi connectivity index (χ1) is 15.5. The Morgan fingerprint density at radius 3 is 2.47 bits per heavy atom. The molecule has 1 unspecified atom stereocenters. The Balaban J connectivity index is 1.98. The fourth-order valence-electron chi connectivity index (χ4n) is 3.60. The van der Waals surface area contributed by atoms with Crippen molar-refractivity contribution in [1.29, 1.82) is 0 Å². The number of carbonyl (C=O) groups excluding carboxylic acids is 1. The number of ether oxygens (including phenoxy) is 2. The summed E-state index contributed by atoms with van der Waals surface area (Å²) >= 11 is 0. The maximum Gasteiger partial charge on any atom is 0.255 e. The monoisotopic (exact) mass is 437 g/mol. The molecule has 32 heavy (non-hydrogen) atoms. The van der Waals surface area contributed by atoms with Crippen molar-refractivity contribution in [2.24, 2.45) is 5.73 Å². The van der Waals surface area contributed by atoms with Gasteiger partial charge in [0.1, 0.15) is 6.04 Å². The first-order valence-electron chi connectivity index (χ1n) is 10.9. The van der Waals surface area contributed by atoms with Crippen LogP contribution in [0.5, 0.6) is 0 Å². The molecule has 0 aliphatic heterocycles. The second kappa shape index (κ2) is 11.6. The SMILES string of the molecule is CCOCCn1c(=O)c(CNC(COCC)C(N)=O)cc2ccc(-c3ccccc3)cc21. The molecule has 1 aromatic heterocycles. The van der Waals surface area contributed by atoms with E-state index in [9.17, 15) is 9.59 Å². The van der Waals surface area contributed by atoms with Crippen molar-refractivity contribution in [3.05, 3.63) is 70.5 Å². The van der Waals surface area contributed by atoms with Gasteiger partial charge in [-0.25, -0.2) is 0 Å². The van der Waals surface area contributed by atoms with E-state index >= 15 is 0 Å². The van der Waals surface area contributed by atoms with Gasteiger partial charge in [0.2, 0.25) is 5.91 Å². The number of nitrogens with zero attached hydrogens (tertiary/aromatic N) is 1. The minimum atomic E-state index is -0.664. The van der Waals surface area contributed by atoms with E-state index in [1.54, 1.807) is 4.57 Å². The highest BCUT2D eigenvalue weighted by Crippen LogP contribution is 2.24. The van der Waals surface area contributed by atoms with Gasteiger partial charge in [-0.3, -0.25) is 14.9 Å². The third kappa shape index (κ3) is 5.82. The molecule has 1 heterocycles. The number of amides is 1.